The number of nitrogens with zero attached hydrogens (tertiary/aromatic N) is 1. The molecule has 5 nitrogen and oxygen atoms in total. The first-order valence-electron chi connectivity index (χ1n) is 8.31. The number of benzene rings is 2. The summed E-state index contributed by atoms with van der Waals surface area (Å²) in [6, 6.07) is 14.8. The molecular weight excluding hydrogens is 338 g/mol. The van der Waals surface area contributed by atoms with Crippen LogP contribution in [0.15, 0.2) is 48.5 Å². The van der Waals surface area contributed by atoms with E-state index in [4.69, 9.17) is 11.6 Å². The molecule has 1 saturated heterocycles. The van der Waals surface area contributed by atoms with Crippen LogP contribution in [0.1, 0.15) is 18.4 Å². The van der Waals surface area contributed by atoms with Gasteiger partial charge in [-0.25, -0.2) is 4.79 Å². The monoisotopic (exact) mass is 355 g/mol. The fourth-order valence-electron chi connectivity index (χ4n) is 3.25. The molecule has 1 heterocycles. The Kier molecular flexibility index (Phi) is 3.88. The molecule has 1 aliphatic carbocycles. The first-order chi connectivity index (χ1) is 12.1. The minimum atomic E-state index is -0.474. The summed E-state index contributed by atoms with van der Waals surface area (Å²) in [7, 11) is 0. The molecule has 0 bridgehead atoms. The van der Waals surface area contributed by atoms with Crippen molar-refractivity contribution >= 4 is 34.9 Å². The molecule has 0 radical (unpaired) electrons. The molecule has 0 unspecified atom stereocenters. The fourth-order valence-corrected chi connectivity index (χ4v) is 3.44. The standard InChI is InChI=1S/C19H18ClN3O2/c20-14-3-1-2-13(12-14)19(8-9-19)17(24)22-15-4-6-16(7-5-15)23-11-10-21-18(23)25/h1-7,12H,8-11H2,(H,21,25)(H,22,24). The zero-order valence-corrected chi connectivity index (χ0v) is 14.3. The van der Waals surface area contributed by atoms with Crippen LogP contribution in [-0.4, -0.2) is 25.0 Å². The number of anilines is 2. The Morgan fingerprint density at radius 1 is 1.16 bits per heavy atom. The molecule has 0 atom stereocenters. The molecule has 0 spiro atoms. The summed E-state index contributed by atoms with van der Waals surface area (Å²) in [5, 5.41) is 6.41. The van der Waals surface area contributed by atoms with Gasteiger partial charge >= 0.3 is 6.03 Å². The minimum Gasteiger partial charge on any atom is -0.336 e. The SMILES string of the molecule is O=C1NCCN1c1ccc(NC(=O)C2(c3cccc(Cl)c3)CC2)cc1. The van der Waals surface area contributed by atoms with E-state index in [9.17, 15) is 9.59 Å². The van der Waals surface area contributed by atoms with Crippen LogP contribution in [-0.2, 0) is 10.2 Å². The van der Waals surface area contributed by atoms with Crippen molar-refractivity contribution < 1.29 is 9.59 Å². The first-order valence-corrected chi connectivity index (χ1v) is 8.69. The average Bonchev–Trinajstić information content (AvgIpc) is 3.32. The van der Waals surface area contributed by atoms with Crippen molar-refractivity contribution in [2.75, 3.05) is 23.3 Å². The lowest BCUT2D eigenvalue weighted by Crippen LogP contribution is -2.28. The van der Waals surface area contributed by atoms with Crippen LogP contribution in [0.2, 0.25) is 5.02 Å². The zero-order chi connectivity index (χ0) is 17.4. The smallest absolute Gasteiger partial charge is 0.321 e. The van der Waals surface area contributed by atoms with Crippen LogP contribution in [0.25, 0.3) is 0 Å². The van der Waals surface area contributed by atoms with Gasteiger partial charge in [0.1, 0.15) is 0 Å². The van der Waals surface area contributed by atoms with Gasteiger partial charge in [-0.3, -0.25) is 9.69 Å². The molecule has 128 valence electrons. The summed E-state index contributed by atoms with van der Waals surface area (Å²) >= 11 is 6.07. The van der Waals surface area contributed by atoms with Gasteiger partial charge in [-0.1, -0.05) is 23.7 Å². The number of urea groups is 1. The molecule has 1 aliphatic heterocycles. The van der Waals surface area contributed by atoms with Crippen molar-refractivity contribution in [3.05, 3.63) is 59.1 Å². The van der Waals surface area contributed by atoms with E-state index in [1.54, 1.807) is 4.90 Å². The van der Waals surface area contributed by atoms with Gasteiger partial charge < -0.3 is 10.6 Å². The Hall–Kier alpha value is -2.53. The van der Waals surface area contributed by atoms with Crippen molar-refractivity contribution in [3.8, 4) is 0 Å². The second-order valence-electron chi connectivity index (χ2n) is 6.48. The number of halogens is 1. The minimum absolute atomic E-state index is 0.0126. The summed E-state index contributed by atoms with van der Waals surface area (Å²) in [6.45, 7) is 1.31. The van der Waals surface area contributed by atoms with Gasteiger partial charge in [0, 0.05) is 29.5 Å². The number of carbonyl (C=O) groups excluding carboxylic acids is 2. The molecule has 0 aromatic heterocycles. The molecule has 25 heavy (non-hydrogen) atoms. The lowest BCUT2D eigenvalue weighted by molar-refractivity contribution is -0.118. The van der Waals surface area contributed by atoms with Gasteiger partial charge in [0.25, 0.3) is 0 Å². The highest BCUT2D eigenvalue weighted by Gasteiger charge is 2.51. The normalized spacial score (nSPS) is 18.0. The van der Waals surface area contributed by atoms with Crippen molar-refractivity contribution in [1.82, 2.24) is 5.32 Å². The van der Waals surface area contributed by atoms with E-state index >= 15 is 0 Å². The number of amides is 3. The predicted molar refractivity (Wildman–Crippen MR) is 98.2 cm³/mol. The average molecular weight is 356 g/mol. The molecule has 2 fully saturated rings. The van der Waals surface area contributed by atoms with Crippen molar-refractivity contribution in [2.24, 2.45) is 0 Å². The molecule has 2 aromatic carbocycles. The molecule has 2 aromatic rings. The van der Waals surface area contributed by atoms with Crippen LogP contribution in [0.5, 0.6) is 0 Å². The molecule has 6 heteroatoms. The predicted octanol–water partition coefficient (Wildman–Crippen LogP) is 3.54. The van der Waals surface area contributed by atoms with E-state index in [1.165, 1.54) is 0 Å². The highest BCUT2D eigenvalue weighted by Crippen LogP contribution is 2.49. The van der Waals surface area contributed by atoms with Crippen LogP contribution in [0.3, 0.4) is 0 Å². The van der Waals surface area contributed by atoms with Gasteiger partial charge in [0.15, 0.2) is 0 Å². The third kappa shape index (κ3) is 2.96. The maximum Gasteiger partial charge on any atom is 0.321 e. The third-order valence-corrected chi connectivity index (χ3v) is 5.09. The lowest BCUT2D eigenvalue weighted by Gasteiger charge is -2.17. The number of nitrogens with one attached hydrogen (secondary N) is 2. The van der Waals surface area contributed by atoms with E-state index in [0.29, 0.717) is 18.1 Å². The van der Waals surface area contributed by atoms with Gasteiger partial charge in [0.05, 0.1) is 5.41 Å². The molecule has 3 amide bonds. The van der Waals surface area contributed by atoms with Crippen LogP contribution >= 0.6 is 11.6 Å². The Morgan fingerprint density at radius 2 is 1.92 bits per heavy atom. The molecule has 2 aliphatic rings. The molecule has 2 N–H and O–H groups in total. The van der Waals surface area contributed by atoms with Crippen LogP contribution < -0.4 is 15.5 Å². The van der Waals surface area contributed by atoms with Gasteiger partial charge in [0.2, 0.25) is 5.91 Å². The fraction of sp³-hybridized carbons (Fsp3) is 0.263. The highest BCUT2D eigenvalue weighted by molar-refractivity contribution is 6.30. The first kappa shape index (κ1) is 16.0. The summed E-state index contributed by atoms with van der Waals surface area (Å²) in [4.78, 5) is 26.1. The molecular formula is C19H18ClN3O2. The Balaban J connectivity index is 1.49. The number of hydrogen-bond donors (Lipinski definition) is 2. The van der Waals surface area contributed by atoms with Gasteiger partial charge in [-0.2, -0.15) is 0 Å². The van der Waals surface area contributed by atoms with Gasteiger partial charge in [-0.15, -0.1) is 0 Å². The quantitative estimate of drug-likeness (QED) is 0.881. The van der Waals surface area contributed by atoms with E-state index in [1.807, 2.05) is 48.5 Å². The van der Waals surface area contributed by atoms with E-state index in [-0.39, 0.29) is 11.9 Å². The van der Waals surface area contributed by atoms with E-state index < -0.39 is 5.41 Å². The summed E-state index contributed by atoms with van der Waals surface area (Å²) in [5.41, 5.74) is 2.03. The summed E-state index contributed by atoms with van der Waals surface area (Å²) in [5.74, 6) is -0.0126. The maximum absolute atomic E-state index is 12.8. The number of rotatable bonds is 4. The Bertz CT molecular complexity index is 831. The van der Waals surface area contributed by atoms with Crippen molar-refractivity contribution in [3.63, 3.8) is 0 Å². The van der Waals surface area contributed by atoms with E-state index in [2.05, 4.69) is 10.6 Å². The van der Waals surface area contributed by atoms with Crippen LogP contribution in [0, 0.1) is 0 Å². The topological polar surface area (TPSA) is 61.4 Å². The number of hydrogen-bond acceptors (Lipinski definition) is 2. The second kappa shape index (κ2) is 6.08. The molecule has 4 rings (SSSR count). The van der Waals surface area contributed by atoms with Gasteiger partial charge in [-0.05, 0) is 54.8 Å². The largest absolute Gasteiger partial charge is 0.336 e. The lowest BCUT2D eigenvalue weighted by atomic mass is 9.95. The second-order valence-corrected chi connectivity index (χ2v) is 6.91. The summed E-state index contributed by atoms with van der Waals surface area (Å²) < 4.78 is 0. The van der Waals surface area contributed by atoms with Crippen molar-refractivity contribution in [1.29, 1.82) is 0 Å². The summed E-state index contributed by atoms with van der Waals surface area (Å²) in [6.07, 6.45) is 1.65. The number of carbonyl (C=O) groups is 2. The zero-order valence-electron chi connectivity index (χ0n) is 13.6. The molecule has 1 saturated carbocycles. The Morgan fingerprint density at radius 3 is 2.52 bits per heavy atom. The third-order valence-electron chi connectivity index (χ3n) is 4.86. The van der Waals surface area contributed by atoms with Crippen LogP contribution in [0.4, 0.5) is 16.2 Å². The van der Waals surface area contributed by atoms with Crippen molar-refractivity contribution in [2.45, 2.75) is 18.3 Å². The van der Waals surface area contributed by atoms with E-state index in [0.717, 1.165) is 29.8 Å². The maximum atomic E-state index is 12.8. The highest BCUT2D eigenvalue weighted by atomic mass is 35.5. The Labute approximate surface area is 151 Å².